The molecule has 0 unspecified atom stereocenters. The van der Waals surface area contributed by atoms with E-state index in [1.165, 1.54) is 25.7 Å². The summed E-state index contributed by atoms with van der Waals surface area (Å²) >= 11 is 0. The zero-order chi connectivity index (χ0) is 15.2. The molecule has 0 aromatic rings. The van der Waals surface area contributed by atoms with Crippen LogP contribution in [-0.2, 0) is 0 Å². The number of unbranched alkanes of at least 4 members (excludes halogenated alkanes) is 2. The number of halogens is 3. The summed E-state index contributed by atoms with van der Waals surface area (Å²) in [5.74, 6) is -1.07. The molecule has 1 nitrogen and oxygen atoms in total. The Bertz CT molecular complexity index is 265. The number of nitrogens with one attached hydrogen (secondary N) is 1. The lowest BCUT2D eigenvalue weighted by atomic mass is 9.83. The van der Waals surface area contributed by atoms with Crippen LogP contribution in [0.2, 0.25) is 0 Å². The lowest BCUT2D eigenvalue weighted by Crippen LogP contribution is -2.41. The maximum Gasteiger partial charge on any atom is 0.391 e. The van der Waals surface area contributed by atoms with Gasteiger partial charge in [0.15, 0.2) is 0 Å². The Morgan fingerprint density at radius 2 is 1.60 bits per heavy atom. The lowest BCUT2D eigenvalue weighted by Gasteiger charge is -2.33. The van der Waals surface area contributed by atoms with Crippen LogP contribution in [0.4, 0.5) is 13.2 Å². The summed E-state index contributed by atoms with van der Waals surface area (Å²) in [6, 6.07) is 0.277. The van der Waals surface area contributed by atoms with E-state index in [0.29, 0.717) is 12.8 Å². The van der Waals surface area contributed by atoms with Gasteiger partial charge in [0.2, 0.25) is 0 Å². The summed E-state index contributed by atoms with van der Waals surface area (Å²) < 4.78 is 37.8. The standard InChI is InChI=1S/C16H30F3N/c1-4-5-6-11-15(2,3)12-20-14-9-7-13(8-10-14)16(17,18)19/h13-14,20H,4-12H2,1-3H3. The topological polar surface area (TPSA) is 12.0 Å². The van der Waals surface area contributed by atoms with Crippen molar-refractivity contribution < 1.29 is 13.2 Å². The third-order valence-corrected chi connectivity index (χ3v) is 4.52. The Hall–Kier alpha value is -0.250. The zero-order valence-electron chi connectivity index (χ0n) is 13.2. The molecule has 0 aliphatic heterocycles. The van der Waals surface area contributed by atoms with Crippen molar-refractivity contribution in [2.24, 2.45) is 11.3 Å². The largest absolute Gasteiger partial charge is 0.391 e. The third kappa shape index (κ3) is 6.47. The molecule has 0 heterocycles. The SMILES string of the molecule is CCCCCC(C)(C)CNC1CCC(C(F)(F)F)CC1. The van der Waals surface area contributed by atoms with E-state index in [2.05, 4.69) is 26.1 Å². The lowest BCUT2D eigenvalue weighted by molar-refractivity contribution is -0.182. The molecule has 0 saturated heterocycles. The van der Waals surface area contributed by atoms with Crippen LogP contribution >= 0.6 is 0 Å². The minimum atomic E-state index is -4.00. The van der Waals surface area contributed by atoms with Crippen LogP contribution in [0.15, 0.2) is 0 Å². The predicted octanol–water partition coefficient (Wildman–Crippen LogP) is 5.30. The van der Waals surface area contributed by atoms with Crippen molar-refractivity contribution in [3.8, 4) is 0 Å². The van der Waals surface area contributed by atoms with E-state index in [4.69, 9.17) is 0 Å². The predicted molar refractivity (Wildman–Crippen MR) is 77.7 cm³/mol. The zero-order valence-corrected chi connectivity index (χ0v) is 13.2. The minimum Gasteiger partial charge on any atom is -0.313 e. The van der Waals surface area contributed by atoms with E-state index in [1.807, 2.05) is 0 Å². The highest BCUT2D eigenvalue weighted by Gasteiger charge is 2.41. The first-order valence-electron chi connectivity index (χ1n) is 8.05. The van der Waals surface area contributed by atoms with Gasteiger partial charge in [0.05, 0.1) is 5.92 Å². The van der Waals surface area contributed by atoms with Crippen molar-refractivity contribution in [1.29, 1.82) is 0 Å². The summed E-state index contributed by atoms with van der Waals surface area (Å²) in [5, 5.41) is 3.49. The molecule has 4 heteroatoms. The van der Waals surface area contributed by atoms with Crippen LogP contribution in [0.5, 0.6) is 0 Å². The average molecular weight is 293 g/mol. The molecule has 1 N–H and O–H groups in total. The third-order valence-electron chi connectivity index (χ3n) is 4.52. The molecule has 0 bridgehead atoms. The molecular weight excluding hydrogens is 263 g/mol. The highest BCUT2D eigenvalue weighted by molar-refractivity contribution is 4.82. The van der Waals surface area contributed by atoms with E-state index >= 15 is 0 Å². The van der Waals surface area contributed by atoms with Crippen LogP contribution in [0, 0.1) is 11.3 Å². The van der Waals surface area contributed by atoms with Gasteiger partial charge in [0, 0.05) is 12.6 Å². The Kier molecular flexibility index (Phi) is 6.83. The van der Waals surface area contributed by atoms with Crippen molar-refractivity contribution in [1.82, 2.24) is 5.32 Å². The molecule has 120 valence electrons. The van der Waals surface area contributed by atoms with Gasteiger partial charge in [-0.2, -0.15) is 13.2 Å². The number of hydrogen-bond acceptors (Lipinski definition) is 1. The molecule has 0 radical (unpaired) electrons. The van der Waals surface area contributed by atoms with Gasteiger partial charge in [0.25, 0.3) is 0 Å². The van der Waals surface area contributed by atoms with E-state index < -0.39 is 12.1 Å². The molecule has 0 amide bonds. The van der Waals surface area contributed by atoms with Crippen molar-refractivity contribution in [3.63, 3.8) is 0 Å². The monoisotopic (exact) mass is 293 g/mol. The van der Waals surface area contributed by atoms with Gasteiger partial charge >= 0.3 is 6.18 Å². The van der Waals surface area contributed by atoms with E-state index in [9.17, 15) is 13.2 Å². The second kappa shape index (κ2) is 7.67. The van der Waals surface area contributed by atoms with Crippen LogP contribution in [0.25, 0.3) is 0 Å². The highest BCUT2D eigenvalue weighted by Crippen LogP contribution is 2.37. The second-order valence-electron chi connectivity index (χ2n) is 7.09. The van der Waals surface area contributed by atoms with Gasteiger partial charge < -0.3 is 5.32 Å². The summed E-state index contributed by atoms with van der Waals surface area (Å²) in [5.41, 5.74) is 0.246. The van der Waals surface area contributed by atoms with Crippen molar-refractivity contribution in [2.75, 3.05) is 6.54 Å². The molecule has 1 fully saturated rings. The molecule has 0 atom stereocenters. The summed E-state index contributed by atoms with van der Waals surface area (Å²) in [6.07, 6.45) is 2.83. The van der Waals surface area contributed by atoms with Gasteiger partial charge in [-0.05, 0) is 37.5 Å². The quantitative estimate of drug-likeness (QED) is 0.628. The summed E-state index contributed by atoms with van der Waals surface area (Å²) in [4.78, 5) is 0. The van der Waals surface area contributed by atoms with Gasteiger partial charge in [-0.15, -0.1) is 0 Å². The fourth-order valence-electron chi connectivity index (χ4n) is 2.99. The van der Waals surface area contributed by atoms with Gasteiger partial charge in [-0.3, -0.25) is 0 Å². The maximum absolute atomic E-state index is 12.6. The van der Waals surface area contributed by atoms with Crippen molar-refractivity contribution >= 4 is 0 Å². The number of rotatable bonds is 7. The first-order chi connectivity index (χ1) is 9.24. The van der Waals surface area contributed by atoms with Crippen molar-refractivity contribution in [2.45, 2.75) is 84.4 Å². The Morgan fingerprint density at radius 3 is 2.10 bits per heavy atom. The first kappa shape index (κ1) is 17.8. The number of alkyl halides is 3. The molecular formula is C16H30F3N. The minimum absolute atomic E-state index is 0.246. The molecule has 0 spiro atoms. The van der Waals surface area contributed by atoms with E-state index in [-0.39, 0.29) is 24.3 Å². The average Bonchev–Trinajstić information content (AvgIpc) is 2.36. The van der Waals surface area contributed by atoms with Gasteiger partial charge in [0.1, 0.15) is 0 Å². The fraction of sp³-hybridized carbons (Fsp3) is 1.00. The normalized spacial score (nSPS) is 24.9. The molecule has 0 aromatic carbocycles. The maximum atomic E-state index is 12.6. The Balaban J connectivity index is 2.23. The Morgan fingerprint density at radius 1 is 1.00 bits per heavy atom. The molecule has 0 aromatic heterocycles. The van der Waals surface area contributed by atoms with Crippen molar-refractivity contribution in [3.05, 3.63) is 0 Å². The van der Waals surface area contributed by atoms with Crippen LogP contribution in [0.1, 0.15) is 72.1 Å². The summed E-state index contributed by atoms with van der Waals surface area (Å²) in [6.45, 7) is 7.61. The fourth-order valence-corrected chi connectivity index (χ4v) is 2.99. The Labute approximate surface area is 121 Å². The number of hydrogen-bond donors (Lipinski definition) is 1. The molecule has 1 rings (SSSR count). The first-order valence-corrected chi connectivity index (χ1v) is 8.05. The van der Waals surface area contributed by atoms with Crippen LogP contribution < -0.4 is 5.32 Å². The molecule has 1 saturated carbocycles. The van der Waals surface area contributed by atoms with Crippen LogP contribution in [0.3, 0.4) is 0 Å². The summed E-state index contributed by atoms with van der Waals surface area (Å²) in [7, 11) is 0. The smallest absolute Gasteiger partial charge is 0.313 e. The molecule has 1 aliphatic carbocycles. The van der Waals surface area contributed by atoms with Gasteiger partial charge in [-0.1, -0.05) is 40.0 Å². The van der Waals surface area contributed by atoms with Gasteiger partial charge in [-0.25, -0.2) is 0 Å². The molecule has 1 aliphatic rings. The highest BCUT2D eigenvalue weighted by atomic mass is 19.4. The van der Waals surface area contributed by atoms with E-state index in [0.717, 1.165) is 6.54 Å². The van der Waals surface area contributed by atoms with E-state index in [1.54, 1.807) is 0 Å². The second-order valence-corrected chi connectivity index (χ2v) is 7.09. The van der Waals surface area contributed by atoms with Crippen LogP contribution in [-0.4, -0.2) is 18.8 Å². The molecule has 20 heavy (non-hydrogen) atoms.